The predicted octanol–water partition coefficient (Wildman–Crippen LogP) is 2.71. The lowest BCUT2D eigenvalue weighted by molar-refractivity contribution is -0.0742. The van der Waals surface area contributed by atoms with Crippen LogP contribution in [0.15, 0.2) is 48.4 Å². The maximum atomic E-state index is 14.7. The van der Waals surface area contributed by atoms with Crippen molar-refractivity contribution >= 4 is 11.3 Å². The molecule has 160 valence electrons. The molecule has 30 heavy (non-hydrogen) atoms. The van der Waals surface area contributed by atoms with Gasteiger partial charge in [0.05, 0.1) is 6.54 Å². The number of aromatic nitrogens is 3. The molecule has 1 fully saturated rings. The van der Waals surface area contributed by atoms with Crippen molar-refractivity contribution in [1.82, 2.24) is 24.6 Å². The summed E-state index contributed by atoms with van der Waals surface area (Å²) in [7, 11) is 0. The van der Waals surface area contributed by atoms with Crippen molar-refractivity contribution in [2.75, 3.05) is 26.2 Å². The van der Waals surface area contributed by atoms with Crippen LogP contribution in [0.4, 0.5) is 8.78 Å². The lowest BCUT2D eigenvalue weighted by Crippen LogP contribution is -2.57. The van der Waals surface area contributed by atoms with E-state index in [4.69, 9.17) is 0 Å². The summed E-state index contributed by atoms with van der Waals surface area (Å²) >= 11 is 1.75. The zero-order valence-electron chi connectivity index (χ0n) is 16.8. The van der Waals surface area contributed by atoms with Crippen molar-refractivity contribution < 1.29 is 13.9 Å². The lowest BCUT2D eigenvalue weighted by atomic mass is 9.85. The van der Waals surface area contributed by atoms with Gasteiger partial charge in [0, 0.05) is 55.3 Å². The third-order valence-electron chi connectivity index (χ3n) is 5.87. The molecular formula is C21H25F2N5OS. The molecule has 0 radical (unpaired) electrons. The van der Waals surface area contributed by atoms with E-state index in [2.05, 4.69) is 37.4 Å². The normalized spacial score (nSPS) is 18.9. The first kappa shape index (κ1) is 21.0. The van der Waals surface area contributed by atoms with E-state index in [1.807, 2.05) is 6.92 Å². The highest BCUT2D eigenvalue weighted by Gasteiger charge is 2.42. The van der Waals surface area contributed by atoms with E-state index in [0.29, 0.717) is 0 Å². The molecule has 4 rings (SSSR count). The largest absolute Gasteiger partial charge is 0.381 e. The number of nitrogens with zero attached hydrogens (tertiary/aromatic N) is 5. The third-order valence-corrected chi connectivity index (χ3v) is 6.73. The second-order valence-corrected chi connectivity index (χ2v) is 8.74. The minimum Gasteiger partial charge on any atom is -0.381 e. The summed E-state index contributed by atoms with van der Waals surface area (Å²) in [6.07, 6.45) is 2.85. The van der Waals surface area contributed by atoms with E-state index in [9.17, 15) is 13.9 Å². The van der Waals surface area contributed by atoms with Crippen molar-refractivity contribution in [2.24, 2.45) is 0 Å². The van der Waals surface area contributed by atoms with Gasteiger partial charge in [0.25, 0.3) is 0 Å². The molecule has 0 unspecified atom stereocenters. The standard InChI is InChI=1S/C21H25F2N5OS/c1-16(27-8-6-26(7-9-27)12-18-3-2-10-30-18)21(29,13-28-15-24-14-25-28)19-5-4-17(22)11-20(19)23/h2-5,10-11,14-16,29H,6-9,12-13H2,1H3/t16-,21-/m1/s1. The summed E-state index contributed by atoms with van der Waals surface area (Å²) in [6.45, 7) is 6.02. The Balaban J connectivity index is 1.53. The van der Waals surface area contributed by atoms with E-state index in [1.165, 1.54) is 34.3 Å². The van der Waals surface area contributed by atoms with Crippen LogP contribution in [0, 0.1) is 11.6 Å². The van der Waals surface area contributed by atoms with Crippen molar-refractivity contribution in [1.29, 1.82) is 0 Å². The zero-order valence-corrected chi connectivity index (χ0v) is 17.6. The highest BCUT2D eigenvalue weighted by Crippen LogP contribution is 2.33. The first-order valence-corrected chi connectivity index (χ1v) is 10.8. The molecule has 3 aromatic rings. The molecule has 2 aromatic heterocycles. The first-order valence-electron chi connectivity index (χ1n) is 9.95. The van der Waals surface area contributed by atoms with Gasteiger partial charge in [0.1, 0.15) is 29.9 Å². The second-order valence-electron chi connectivity index (χ2n) is 7.71. The number of aliphatic hydroxyl groups is 1. The van der Waals surface area contributed by atoms with E-state index in [1.54, 1.807) is 11.3 Å². The van der Waals surface area contributed by atoms with Crippen molar-refractivity contribution in [3.8, 4) is 0 Å². The Labute approximate surface area is 178 Å². The number of halogens is 2. The van der Waals surface area contributed by atoms with Gasteiger partial charge in [-0.1, -0.05) is 12.1 Å². The van der Waals surface area contributed by atoms with E-state index < -0.39 is 23.3 Å². The average Bonchev–Trinajstić information content (AvgIpc) is 3.42. The number of thiophene rings is 1. The van der Waals surface area contributed by atoms with Crippen molar-refractivity contribution in [3.05, 3.63) is 70.4 Å². The lowest BCUT2D eigenvalue weighted by Gasteiger charge is -2.45. The smallest absolute Gasteiger partial charge is 0.137 e. The SMILES string of the molecule is C[C@@H](N1CCN(Cc2cccs2)CC1)[C@](O)(Cn1cncn1)c1ccc(F)cc1F. The van der Waals surface area contributed by atoms with Gasteiger partial charge in [-0.2, -0.15) is 5.10 Å². The molecular weight excluding hydrogens is 408 g/mol. The molecule has 0 saturated carbocycles. The summed E-state index contributed by atoms with van der Waals surface area (Å²) in [5.41, 5.74) is -1.53. The van der Waals surface area contributed by atoms with E-state index in [0.717, 1.165) is 38.8 Å². The molecule has 1 N–H and O–H groups in total. The Morgan fingerprint density at radius 3 is 2.63 bits per heavy atom. The number of benzene rings is 1. The Bertz CT molecular complexity index is 944. The molecule has 1 aromatic carbocycles. The molecule has 3 heterocycles. The van der Waals surface area contributed by atoms with E-state index in [-0.39, 0.29) is 12.1 Å². The average molecular weight is 434 g/mol. The topological polar surface area (TPSA) is 57.4 Å². The molecule has 2 atom stereocenters. The fourth-order valence-electron chi connectivity index (χ4n) is 4.08. The number of hydrogen-bond donors (Lipinski definition) is 1. The molecule has 0 aliphatic carbocycles. The molecule has 9 heteroatoms. The summed E-state index contributed by atoms with van der Waals surface area (Å²) < 4.78 is 29.7. The third kappa shape index (κ3) is 4.44. The van der Waals surface area contributed by atoms with Gasteiger partial charge in [0.15, 0.2) is 0 Å². The molecule has 0 bridgehead atoms. The fourth-order valence-corrected chi connectivity index (χ4v) is 4.82. The van der Waals surface area contributed by atoms with Gasteiger partial charge < -0.3 is 5.11 Å². The van der Waals surface area contributed by atoms with Crippen LogP contribution in [0.25, 0.3) is 0 Å². The summed E-state index contributed by atoms with van der Waals surface area (Å²) in [4.78, 5) is 9.78. The minimum atomic E-state index is -1.60. The Morgan fingerprint density at radius 1 is 1.20 bits per heavy atom. The van der Waals surface area contributed by atoms with Gasteiger partial charge in [-0.3, -0.25) is 9.80 Å². The van der Waals surface area contributed by atoms with Crippen LogP contribution in [0.2, 0.25) is 0 Å². The van der Waals surface area contributed by atoms with Gasteiger partial charge in [0.2, 0.25) is 0 Å². The molecule has 1 aliphatic rings. The molecule has 0 amide bonds. The molecule has 0 spiro atoms. The van der Waals surface area contributed by atoms with Crippen LogP contribution in [-0.2, 0) is 18.7 Å². The summed E-state index contributed by atoms with van der Waals surface area (Å²) in [6, 6.07) is 7.09. The first-order chi connectivity index (χ1) is 14.5. The van der Waals surface area contributed by atoms with E-state index >= 15 is 0 Å². The van der Waals surface area contributed by atoms with Gasteiger partial charge >= 0.3 is 0 Å². The van der Waals surface area contributed by atoms with Crippen molar-refractivity contribution in [3.63, 3.8) is 0 Å². The Hall–Kier alpha value is -2.20. The fraction of sp³-hybridized carbons (Fsp3) is 0.429. The van der Waals surface area contributed by atoms with Gasteiger partial charge in [-0.05, 0) is 24.4 Å². The summed E-state index contributed by atoms with van der Waals surface area (Å²) in [5, 5.41) is 17.9. The molecule has 6 nitrogen and oxygen atoms in total. The van der Waals surface area contributed by atoms with Crippen molar-refractivity contribution in [2.45, 2.75) is 31.7 Å². The number of piperazine rings is 1. The highest BCUT2D eigenvalue weighted by molar-refractivity contribution is 7.09. The zero-order chi connectivity index (χ0) is 21.1. The number of hydrogen-bond acceptors (Lipinski definition) is 6. The Morgan fingerprint density at radius 2 is 2.00 bits per heavy atom. The molecule has 1 saturated heterocycles. The van der Waals surface area contributed by atoms with Crippen LogP contribution in [-0.4, -0.2) is 61.9 Å². The minimum absolute atomic E-state index is 0.0200. The number of rotatable bonds is 7. The van der Waals surface area contributed by atoms with Crippen LogP contribution in [0.1, 0.15) is 17.4 Å². The van der Waals surface area contributed by atoms with Crippen LogP contribution < -0.4 is 0 Å². The van der Waals surface area contributed by atoms with Crippen LogP contribution >= 0.6 is 11.3 Å². The summed E-state index contributed by atoms with van der Waals surface area (Å²) in [5.74, 6) is -1.44. The van der Waals surface area contributed by atoms with Crippen LogP contribution in [0.3, 0.4) is 0 Å². The Kier molecular flexibility index (Phi) is 6.24. The van der Waals surface area contributed by atoms with Gasteiger partial charge in [-0.15, -0.1) is 11.3 Å². The quantitative estimate of drug-likeness (QED) is 0.621. The monoisotopic (exact) mass is 433 g/mol. The maximum absolute atomic E-state index is 14.7. The van der Waals surface area contributed by atoms with Gasteiger partial charge in [-0.25, -0.2) is 18.4 Å². The maximum Gasteiger partial charge on any atom is 0.137 e. The second kappa shape index (κ2) is 8.89. The highest BCUT2D eigenvalue weighted by atomic mass is 32.1. The van der Waals surface area contributed by atoms with Crippen LogP contribution in [0.5, 0.6) is 0 Å². The predicted molar refractivity (Wildman–Crippen MR) is 111 cm³/mol. The molecule has 1 aliphatic heterocycles.